The number of aliphatic hydroxyl groups is 1. The van der Waals surface area contributed by atoms with Gasteiger partial charge in [-0.2, -0.15) is 13.2 Å². The Hall–Kier alpha value is -2.37. The van der Waals surface area contributed by atoms with Gasteiger partial charge in [0.25, 0.3) is 0 Å². The molecule has 1 aromatic rings. The van der Waals surface area contributed by atoms with Crippen molar-refractivity contribution in [1.82, 2.24) is 5.32 Å². The molecule has 1 aromatic carbocycles. The Bertz CT molecular complexity index is 788. The summed E-state index contributed by atoms with van der Waals surface area (Å²) in [5, 5.41) is 14.2. The van der Waals surface area contributed by atoms with Gasteiger partial charge in [0, 0.05) is 24.3 Å². The lowest BCUT2D eigenvalue weighted by Gasteiger charge is -2.37. The van der Waals surface area contributed by atoms with E-state index >= 15 is 0 Å². The third kappa shape index (κ3) is 5.41. The molecule has 30 heavy (non-hydrogen) atoms. The standard InChI is InChI=1S/C19H23F3N2O6/c1-28-8-17(27)24-10-2-3-14-12(4-10)13-5-11(29-15(7-25)18(13)30-14)6-16(26)23-9-19(20,21)22/h2-4,11,13,15,18,25H,5-9H2,1H3,(H,23,26)(H,24,27)/t11-,13+,15-,18-/m0/s1. The molecule has 4 atom stereocenters. The molecule has 8 nitrogen and oxygen atoms in total. The highest BCUT2D eigenvalue weighted by Crippen LogP contribution is 2.47. The molecule has 0 unspecified atom stereocenters. The van der Waals surface area contributed by atoms with Gasteiger partial charge in [-0.05, 0) is 24.6 Å². The fourth-order valence-corrected chi connectivity index (χ4v) is 3.77. The number of amides is 2. The molecule has 2 heterocycles. The van der Waals surface area contributed by atoms with Gasteiger partial charge >= 0.3 is 6.18 Å². The van der Waals surface area contributed by atoms with Crippen molar-refractivity contribution in [1.29, 1.82) is 0 Å². The molecule has 0 spiro atoms. The number of carbonyl (C=O) groups is 2. The van der Waals surface area contributed by atoms with Crippen molar-refractivity contribution in [3.63, 3.8) is 0 Å². The fourth-order valence-electron chi connectivity index (χ4n) is 3.77. The Morgan fingerprint density at radius 1 is 1.30 bits per heavy atom. The second kappa shape index (κ2) is 9.19. The van der Waals surface area contributed by atoms with Crippen LogP contribution in [0.25, 0.3) is 0 Å². The number of rotatable bonds is 7. The summed E-state index contributed by atoms with van der Waals surface area (Å²) in [6, 6.07) is 5.10. The number of nitrogens with one attached hydrogen (secondary N) is 2. The van der Waals surface area contributed by atoms with E-state index in [1.165, 1.54) is 7.11 Å². The zero-order valence-electron chi connectivity index (χ0n) is 16.2. The monoisotopic (exact) mass is 432 g/mol. The molecule has 166 valence electrons. The van der Waals surface area contributed by atoms with Gasteiger partial charge in [0.1, 0.15) is 31.1 Å². The van der Waals surface area contributed by atoms with Gasteiger partial charge in [0.15, 0.2) is 0 Å². The van der Waals surface area contributed by atoms with Crippen LogP contribution in [0.5, 0.6) is 5.75 Å². The van der Waals surface area contributed by atoms with Crippen molar-refractivity contribution >= 4 is 17.5 Å². The number of methoxy groups -OCH3 is 1. The minimum Gasteiger partial charge on any atom is -0.487 e. The molecule has 11 heteroatoms. The van der Waals surface area contributed by atoms with Crippen molar-refractivity contribution in [2.24, 2.45) is 0 Å². The number of hydrogen-bond donors (Lipinski definition) is 3. The number of halogens is 3. The summed E-state index contributed by atoms with van der Waals surface area (Å²) in [5.41, 5.74) is 1.31. The summed E-state index contributed by atoms with van der Waals surface area (Å²) < 4.78 is 53.3. The summed E-state index contributed by atoms with van der Waals surface area (Å²) in [5.74, 6) is -0.788. The molecule has 0 bridgehead atoms. The van der Waals surface area contributed by atoms with Gasteiger partial charge in [0.05, 0.1) is 19.1 Å². The number of fused-ring (bicyclic) bond motifs is 3. The Balaban J connectivity index is 1.71. The van der Waals surface area contributed by atoms with Gasteiger partial charge in [-0.15, -0.1) is 0 Å². The molecular weight excluding hydrogens is 409 g/mol. The van der Waals surface area contributed by atoms with Gasteiger partial charge in [-0.1, -0.05) is 0 Å². The number of ether oxygens (including phenoxy) is 3. The van der Waals surface area contributed by atoms with E-state index in [0.29, 0.717) is 17.9 Å². The first-order valence-corrected chi connectivity index (χ1v) is 9.39. The number of anilines is 1. The third-order valence-electron chi connectivity index (χ3n) is 4.96. The van der Waals surface area contributed by atoms with Crippen LogP contribution in [-0.4, -0.2) is 68.3 Å². The lowest BCUT2D eigenvalue weighted by molar-refractivity contribution is -0.149. The number of hydrogen-bond acceptors (Lipinski definition) is 6. The maximum absolute atomic E-state index is 12.3. The first kappa shape index (κ1) is 22.3. The van der Waals surface area contributed by atoms with Crippen LogP contribution < -0.4 is 15.4 Å². The zero-order valence-corrected chi connectivity index (χ0v) is 16.2. The zero-order chi connectivity index (χ0) is 21.9. The minimum atomic E-state index is -4.50. The summed E-state index contributed by atoms with van der Waals surface area (Å²) in [4.78, 5) is 23.6. The van der Waals surface area contributed by atoms with Gasteiger partial charge in [0.2, 0.25) is 11.8 Å². The number of benzene rings is 1. The largest absolute Gasteiger partial charge is 0.487 e. The van der Waals surface area contributed by atoms with Crippen molar-refractivity contribution in [3.8, 4) is 5.75 Å². The summed E-state index contributed by atoms with van der Waals surface area (Å²) in [6.07, 6.45) is -6.35. The Labute approximate surface area is 170 Å². The minimum absolute atomic E-state index is 0.102. The number of aliphatic hydroxyl groups excluding tert-OH is 1. The van der Waals surface area contributed by atoms with Crippen LogP contribution in [0.3, 0.4) is 0 Å². The highest BCUT2D eigenvalue weighted by atomic mass is 19.4. The molecule has 1 fully saturated rings. The molecule has 2 aliphatic rings. The molecule has 3 rings (SSSR count). The van der Waals surface area contributed by atoms with E-state index in [9.17, 15) is 27.9 Å². The molecule has 0 aromatic heterocycles. The van der Waals surface area contributed by atoms with E-state index in [-0.39, 0.29) is 31.5 Å². The maximum atomic E-state index is 12.3. The second-order valence-electron chi connectivity index (χ2n) is 7.23. The van der Waals surface area contributed by atoms with Crippen LogP contribution in [0.15, 0.2) is 18.2 Å². The predicted molar refractivity (Wildman–Crippen MR) is 98.2 cm³/mol. The van der Waals surface area contributed by atoms with Crippen molar-refractivity contribution in [2.45, 2.75) is 43.2 Å². The lowest BCUT2D eigenvalue weighted by Crippen LogP contribution is -2.47. The SMILES string of the molecule is COCC(=O)Nc1ccc2c(c1)[C@H]1C[C@@H](CC(=O)NCC(F)(F)F)O[C@@H](CO)[C@H]1O2. The van der Waals surface area contributed by atoms with Gasteiger partial charge in [-0.3, -0.25) is 9.59 Å². The normalized spacial score (nSPS) is 25.1. The predicted octanol–water partition coefficient (Wildman–Crippen LogP) is 1.33. The van der Waals surface area contributed by atoms with Gasteiger partial charge < -0.3 is 30.0 Å². The van der Waals surface area contributed by atoms with Crippen molar-refractivity contribution in [3.05, 3.63) is 23.8 Å². The first-order chi connectivity index (χ1) is 14.2. The molecule has 0 radical (unpaired) electrons. The van der Waals surface area contributed by atoms with Crippen LogP contribution in [0.4, 0.5) is 18.9 Å². The third-order valence-corrected chi connectivity index (χ3v) is 4.96. The average Bonchev–Trinajstić information content (AvgIpc) is 3.03. The highest BCUT2D eigenvalue weighted by molar-refractivity contribution is 5.91. The summed E-state index contributed by atoms with van der Waals surface area (Å²) in [6.45, 7) is -1.88. The van der Waals surface area contributed by atoms with Crippen LogP contribution in [0.2, 0.25) is 0 Å². The van der Waals surface area contributed by atoms with E-state index in [2.05, 4.69) is 5.32 Å². The van der Waals surface area contributed by atoms with Crippen LogP contribution >= 0.6 is 0 Å². The molecule has 0 saturated carbocycles. The molecule has 2 amide bonds. The Morgan fingerprint density at radius 2 is 2.07 bits per heavy atom. The van der Waals surface area contributed by atoms with Crippen molar-refractivity contribution in [2.75, 3.05) is 32.2 Å². The molecule has 3 N–H and O–H groups in total. The quantitative estimate of drug-likeness (QED) is 0.601. The van der Waals surface area contributed by atoms with E-state index in [1.807, 2.05) is 5.32 Å². The van der Waals surface area contributed by atoms with E-state index < -0.39 is 36.9 Å². The van der Waals surface area contributed by atoms with E-state index in [4.69, 9.17) is 14.2 Å². The molecule has 0 aliphatic carbocycles. The van der Waals surface area contributed by atoms with Crippen LogP contribution in [0.1, 0.15) is 24.3 Å². The Kier molecular flexibility index (Phi) is 6.84. The molecule has 1 saturated heterocycles. The average molecular weight is 432 g/mol. The molecular formula is C19H23F3N2O6. The smallest absolute Gasteiger partial charge is 0.405 e. The second-order valence-corrected chi connectivity index (χ2v) is 7.23. The summed E-state index contributed by atoms with van der Waals surface area (Å²) >= 11 is 0. The summed E-state index contributed by atoms with van der Waals surface area (Å²) in [7, 11) is 1.41. The van der Waals surface area contributed by atoms with E-state index in [1.54, 1.807) is 18.2 Å². The van der Waals surface area contributed by atoms with E-state index in [0.717, 1.165) is 5.56 Å². The highest BCUT2D eigenvalue weighted by Gasteiger charge is 2.46. The van der Waals surface area contributed by atoms with Crippen LogP contribution in [-0.2, 0) is 19.1 Å². The van der Waals surface area contributed by atoms with Crippen molar-refractivity contribution < 1.29 is 42.1 Å². The molecule has 2 aliphatic heterocycles. The number of alkyl halides is 3. The van der Waals surface area contributed by atoms with Crippen LogP contribution in [0, 0.1) is 0 Å². The first-order valence-electron chi connectivity index (χ1n) is 9.39. The Morgan fingerprint density at radius 3 is 2.73 bits per heavy atom. The fraction of sp³-hybridized carbons (Fsp3) is 0.579. The topological polar surface area (TPSA) is 106 Å². The maximum Gasteiger partial charge on any atom is 0.405 e. The van der Waals surface area contributed by atoms with Gasteiger partial charge in [-0.25, -0.2) is 0 Å². The number of carbonyl (C=O) groups excluding carboxylic acids is 2. The lowest BCUT2D eigenvalue weighted by atomic mass is 9.84.